The molecule has 0 bridgehead atoms. The highest BCUT2D eigenvalue weighted by Crippen LogP contribution is 2.33. The van der Waals surface area contributed by atoms with Crippen LogP contribution in [0.1, 0.15) is 24.6 Å². The van der Waals surface area contributed by atoms with E-state index >= 15 is 0 Å². The fourth-order valence-corrected chi connectivity index (χ4v) is 5.13. The standard InChI is InChI=1S/C19H23N3O4S3/c1-2-26-18(25)21-10-8-20(9-11-21)16(23)6-3-7-22-17(24)15(29-19(22)27)13-14-5-4-12-28-14/h4-5,12-13H,2-3,6-11H2,1H3/b15-13+. The first-order valence-corrected chi connectivity index (χ1v) is 11.6. The zero-order valence-electron chi connectivity index (χ0n) is 16.2. The van der Waals surface area contributed by atoms with Gasteiger partial charge >= 0.3 is 6.09 Å². The van der Waals surface area contributed by atoms with E-state index in [1.807, 2.05) is 23.6 Å². The maximum atomic E-state index is 12.6. The second kappa shape index (κ2) is 10.2. The Bertz CT molecular complexity index is 802. The Balaban J connectivity index is 1.43. The molecule has 0 saturated carbocycles. The Hall–Kier alpha value is -1.91. The monoisotopic (exact) mass is 453 g/mol. The van der Waals surface area contributed by atoms with E-state index in [9.17, 15) is 14.4 Å². The second-order valence-electron chi connectivity index (χ2n) is 6.52. The van der Waals surface area contributed by atoms with E-state index in [0.717, 1.165) is 4.88 Å². The van der Waals surface area contributed by atoms with Crippen LogP contribution in [0.15, 0.2) is 22.4 Å². The van der Waals surface area contributed by atoms with Crippen molar-refractivity contribution in [3.8, 4) is 0 Å². The van der Waals surface area contributed by atoms with Crippen LogP contribution in [0.4, 0.5) is 4.79 Å². The maximum Gasteiger partial charge on any atom is 0.409 e. The van der Waals surface area contributed by atoms with Crippen LogP contribution in [-0.2, 0) is 14.3 Å². The summed E-state index contributed by atoms with van der Waals surface area (Å²) in [5, 5.41) is 1.96. The van der Waals surface area contributed by atoms with E-state index in [1.54, 1.807) is 33.0 Å². The molecule has 0 atom stereocenters. The lowest BCUT2D eigenvalue weighted by Crippen LogP contribution is -2.50. The van der Waals surface area contributed by atoms with Crippen molar-refractivity contribution in [1.29, 1.82) is 0 Å². The van der Waals surface area contributed by atoms with E-state index in [1.165, 1.54) is 11.8 Å². The van der Waals surface area contributed by atoms with Crippen molar-refractivity contribution in [3.63, 3.8) is 0 Å². The minimum absolute atomic E-state index is 0.0353. The number of thioether (sulfide) groups is 1. The first-order valence-electron chi connectivity index (χ1n) is 9.48. The number of hydrogen-bond acceptors (Lipinski definition) is 7. The molecule has 2 saturated heterocycles. The highest BCUT2D eigenvalue weighted by Gasteiger charge is 2.32. The summed E-state index contributed by atoms with van der Waals surface area (Å²) in [5.74, 6) is -0.0584. The van der Waals surface area contributed by atoms with Gasteiger partial charge in [-0.05, 0) is 30.9 Å². The summed E-state index contributed by atoms with van der Waals surface area (Å²) >= 11 is 8.21. The summed E-state index contributed by atoms with van der Waals surface area (Å²) in [4.78, 5) is 43.4. The second-order valence-corrected chi connectivity index (χ2v) is 9.17. The molecule has 3 rings (SSSR count). The smallest absolute Gasteiger partial charge is 0.409 e. The predicted octanol–water partition coefficient (Wildman–Crippen LogP) is 3.03. The fraction of sp³-hybridized carbons (Fsp3) is 0.474. The molecule has 0 N–H and O–H groups in total. The summed E-state index contributed by atoms with van der Waals surface area (Å²) in [7, 11) is 0. The fourth-order valence-electron chi connectivity index (χ4n) is 3.10. The Labute approximate surface area is 183 Å². The van der Waals surface area contributed by atoms with Crippen LogP contribution >= 0.6 is 35.3 Å². The van der Waals surface area contributed by atoms with Gasteiger partial charge in [-0.3, -0.25) is 14.5 Å². The number of hydrogen-bond donors (Lipinski definition) is 0. The van der Waals surface area contributed by atoms with Crippen molar-refractivity contribution in [2.24, 2.45) is 0 Å². The van der Waals surface area contributed by atoms with Gasteiger partial charge < -0.3 is 14.5 Å². The van der Waals surface area contributed by atoms with Crippen LogP contribution in [0.25, 0.3) is 6.08 Å². The quantitative estimate of drug-likeness (QED) is 0.487. The lowest BCUT2D eigenvalue weighted by molar-refractivity contribution is -0.133. The molecule has 3 heterocycles. The van der Waals surface area contributed by atoms with Crippen molar-refractivity contribution >= 4 is 63.6 Å². The van der Waals surface area contributed by atoms with Crippen molar-refractivity contribution in [2.45, 2.75) is 19.8 Å². The van der Waals surface area contributed by atoms with Gasteiger partial charge in [0.05, 0.1) is 11.5 Å². The number of amides is 3. The number of thiocarbonyl (C=S) groups is 1. The zero-order valence-corrected chi connectivity index (χ0v) is 18.6. The zero-order chi connectivity index (χ0) is 20.8. The molecular weight excluding hydrogens is 430 g/mol. The number of carbonyl (C=O) groups is 3. The average molecular weight is 454 g/mol. The number of thiophene rings is 1. The molecule has 1 aromatic heterocycles. The van der Waals surface area contributed by atoms with Gasteiger partial charge in [0.25, 0.3) is 5.91 Å². The van der Waals surface area contributed by atoms with Gasteiger partial charge in [-0.25, -0.2) is 4.79 Å². The Morgan fingerprint density at radius 2 is 1.97 bits per heavy atom. The molecule has 2 aliphatic heterocycles. The number of ether oxygens (including phenoxy) is 1. The van der Waals surface area contributed by atoms with Gasteiger partial charge in [0.15, 0.2) is 0 Å². The minimum atomic E-state index is -0.329. The van der Waals surface area contributed by atoms with E-state index in [0.29, 0.717) is 61.4 Å². The third-order valence-electron chi connectivity index (χ3n) is 4.62. The summed E-state index contributed by atoms with van der Waals surface area (Å²) in [6.45, 7) is 4.51. The molecule has 156 valence electrons. The van der Waals surface area contributed by atoms with Crippen LogP contribution in [0.3, 0.4) is 0 Å². The Kier molecular flexibility index (Phi) is 7.68. The Morgan fingerprint density at radius 1 is 1.24 bits per heavy atom. The van der Waals surface area contributed by atoms with Gasteiger partial charge in [0.2, 0.25) is 5.91 Å². The number of nitrogens with zero attached hydrogens (tertiary/aromatic N) is 3. The largest absolute Gasteiger partial charge is 0.450 e. The highest BCUT2D eigenvalue weighted by atomic mass is 32.2. The third kappa shape index (κ3) is 5.58. The summed E-state index contributed by atoms with van der Waals surface area (Å²) in [5.41, 5.74) is 0. The summed E-state index contributed by atoms with van der Waals surface area (Å²) in [6.07, 6.45) is 2.43. The van der Waals surface area contributed by atoms with Gasteiger partial charge in [0.1, 0.15) is 4.32 Å². The van der Waals surface area contributed by atoms with Gasteiger partial charge in [-0.1, -0.05) is 30.0 Å². The molecule has 7 nitrogen and oxygen atoms in total. The van der Waals surface area contributed by atoms with Crippen LogP contribution in [0.2, 0.25) is 0 Å². The van der Waals surface area contributed by atoms with E-state index in [-0.39, 0.29) is 17.9 Å². The third-order valence-corrected chi connectivity index (χ3v) is 6.82. The molecule has 3 amide bonds. The van der Waals surface area contributed by atoms with E-state index in [2.05, 4.69) is 0 Å². The van der Waals surface area contributed by atoms with Crippen LogP contribution in [-0.4, -0.2) is 76.3 Å². The SMILES string of the molecule is CCOC(=O)N1CCN(C(=O)CCCN2C(=O)/C(=C\c3cccs3)SC2=S)CC1. The van der Waals surface area contributed by atoms with Crippen LogP contribution in [0, 0.1) is 0 Å². The molecule has 2 fully saturated rings. The first kappa shape index (κ1) is 21.8. The average Bonchev–Trinajstić information content (AvgIpc) is 3.32. The molecule has 0 unspecified atom stereocenters. The molecule has 0 spiro atoms. The Morgan fingerprint density at radius 3 is 2.62 bits per heavy atom. The lowest BCUT2D eigenvalue weighted by atomic mass is 10.2. The normalized spacial score (nSPS) is 18.7. The maximum absolute atomic E-state index is 12.6. The number of piperazine rings is 1. The van der Waals surface area contributed by atoms with Gasteiger partial charge in [-0.15, -0.1) is 11.3 Å². The molecule has 1 aromatic rings. The number of carbonyl (C=O) groups excluding carboxylic acids is 3. The van der Waals surface area contributed by atoms with E-state index < -0.39 is 0 Å². The van der Waals surface area contributed by atoms with Crippen molar-refractivity contribution in [1.82, 2.24) is 14.7 Å². The molecule has 0 radical (unpaired) electrons. The van der Waals surface area contributed by atoms with Gasteiger partial charge in [0, 0.05) is 44.0 Å². The minimum Gasteiger partial charge on any atom is -0.450 e. The molecule has 0 aliphatic carbocycles. The lowest BCUT2D eigenvalue weighted by Gasteiger charge is -2.34. The topological polar surface area (TPSA) is 70.2 Å². The highest BCUT2D eigenvalue weighted by molar-refractivity contribution is 8.26. The van der Waals surface area contributed by atoms with Crippen molar-refractivity contribution in [3.05, 3.63) is 27.3 Å². The van der Waals surface area contributed by atoms with Crippen molar-refractivity contribution < 1.29 is 19.1 Å². The first-order chi connectivity index (χ1) is 14.0. The molecular formula is C19H23N3O4S3. The van der Waals surface area contributed by atoms with Crippen LogP contribution in [0.5, 0.6) is 0 Å². The molecule has 10 heteroatoms. The predicted molar refractivity (Wildman–Crippen MR) is 119 cm³/mol. The number of rotatable bonds is 6. The summed E-state index contributed by atoms with van der Waals surface area (Å²) in [6, 6.07) is 3.90. The molecule has 0 aromatic carbocycles. The molecule has 29 heavy (non-hydrogen) atoms. The van der Waals surface area contributed by atoms with Gasteiger partial charge in [-0.2, -0.15) is 0 Å². The molecule has 2 aliphatic rings. The van der Waals surface area contributed by atoms with Crippen molar-refractivity contribution in [2.75, 3.05) is 39.3 Å². The van der Waals surface area contributed by atoms with Crippen LogP contribution < -0.4 is 0 Å². The summed E-state index contributed by atoms with van der Waals surface area (Å²) < 4.78 is 5.52. The van der Waals surface area contributed by atoms with E-state index in [4.69, 9.17) is 17.0 Å².